The molecule has 1 aliphatic rings. The Labute approximate surface area is 149 Å². The highest BCUT2D eigenvalue weighted by atomic mass is 19.1. The first kappa shape index (κ1) is 18.0. The van der Waals surface area contributed by atoms with Gasteiger partial charge in [0.15, 0.2) is 0 Å². The van der Waals surface area contributed by atoms with E-state index in [0.29, 0.717) is 29.7 Å². The topological polar surface area (TPSA) is 64.0 Å². The summed E-state index contributed by atoms with van der Waals surface area (Å²) in [6, 6.07) is 2.58. The molecule has 1 aliphatic carbocycles. The highest BCUT2D eigenvalue weighted by Gasteiger charge is 2.18. The van der Waals surface area contributed by atoms with E-state index in [1.165, 1.54) is 24.3 Å². The molecule has 1 unspecified atom stereocenters. The number of aromatic nitrogens is 2. The third-order valence-electron chi connectivity index (χ3n) is 4.44. The summed E-state index contributed by atoms with van der Waals surface area (Å²) in [6.45, 7) is 3.36. The molecule has 1 aromatic carbocycles. The minimum absolute atomic E-state index is 0.121. The maximum atomic E-state index is 13.8. The van der Waals surface area contributed by atoms with Crippen molar-refractivity contribution in [2.24, 2.45) is 5.92 Å². The summed E-state index contributed by atoms with van der Waals surface area (Å²) >= 11 is 0. The number of benzene rings is 1. The molecule has 136 valence electrons. The second-order valence-electron chi connectivity index (χ2n) is 6.27. The maximum Gasteiger partial charge on any atom is 0.280 e. The van der Waals surface area contributed by atoms with E-state index in [1.54, 1.807) is 19.9 Å². The summed E-state index contributed by atoms with van der Waals surface area (Å²) < 4.78 is 27.9. The van der Waals surface area contributed by atoms with Crippen LogP contribution < -0.4 is 11.0 Å². The van der Waals surface area contributed by atoms with Crippen LogP contribution in [0.4, 0.5) is 8.78 Å². The van der Waals surface area contributed by atoms with E-state index < -0.39 is 11.4 Å². The van der Waals surface area contributed by atoms with Gasteiger partial charge in [0.25, 0.3) is 5.56 Å². The van der Waals surface area contributed by atoms with Crippen molar-refractivity contribution in [3.05, 3.63) is 63.7 Å². The highest BCUT2D eigenvalue weighted by molar-refractivity contribution is 5.85. The molecule has 2 aromatic rings. The number of allylic oxidation sites excluding steroid dienone is 4. The molecule has 1 atom stereocenters. The van der Waals surface area contributed by atoms with Gasteiger partial charge in [-0.15, -0.1) is 0 Å². The molecular formula is C19H19F2N3O2. The van der Waals surface area contributed by atoms with Gasteiger partial charge >= 0.3 is 0 Å². The zero-order chi connectivity index (χ0) is 18.8. The zero-order valence-corrected chi connectivity index (χ0v) is 14.6. The fourth-order valence-electron chi connectivity index (χ4n) is 2.96. The molecule has 0 fully saturated rings. The van der Waals surface area contributed by atoms with E-state index in [4.69, 9.17) is 0 Å². The van der Waals surface area contributed by atoms with Crippen molar-refractivity contribution in [3.8, 4) is 0 Å². The predicted molar refractivity (Wildman–Crippen MR) is 95.5 cm³/mol. The van der Waals surface area contributed by atoms with Gasteiger partial charge in [-0.2, -0.15) is 0 Å². The molecule has 5 nitrogen and oxygen atoms in total. The summed E-state index contributed by atoms with van der Waals surface area (Å²) in [5, 5.41) is 0.240. The maximum absolute atomic E-state index is 13.8. The van der Waals surface area contributed by atoms with Crippen LogP contribution in [0, 0.1) is 18.7 Å². The number of carbonyl (C=O) groups is 1. The normalized spacial score (nSPS) is 16.6. The first-order valence-electron chi connectivity index (χ1n) is 8.45. The Morgan fingerprint density at radius 1 is 1.38 bits per heavy atom. The van der Waals surface area contributed by atoms with Gasteiger partial charge in [0.1, 0.15) is 17.5 Å². The highest BCUT2D eigenvalue weighted by Crippen LogP contribution is 2.20. The van der Waals surface area contributed by atoms with Crippen LogP contribution >= 0.6 is 0 Å². The monoisotopic (exact) mass is 359 g/mol. The molecule has 26 heavy (non-hydrogen) atoms. The molecule has 0 spiro atoms. The van der Waals surface area contributed by atoms with Gasteiger partial charge < -0.3 is 0 Å². The smallest absolute Gasteiger partial charge is 0.273 e. The van der Waals surface area contributed by atoms with Crippen LogP contribution in [0.1, 0.15) is 31.2 Å². The number of carbonyl (C=O) groups excluding carboxylic acids is 1. The predicted octanol–water partition coefficient (Wildman–Crippen LogP) is 3.30. The minimum Gasteiger partial charge on any atom is -0.273 e. The molecule has 0 radical (unpaired) electrons. The fourth-order valence-corrected chi connectivity index (χ4v) is 2.96. The number of rotatable bonds is 4. The zero-order valence-electron chi connectivity index (χ0n) is 14.6. The summed E-state index contributed by atoms with van der Waals surface area (Å²) in [4.78, 5) is 29.4. The quantitative estimate of drug-likeness (QED) is 0.911. The Morgan fingerprint density at radius 3 is 2.81 bits per heavy atom. The van der Waals surface area contributed by atoms with E-state index in [0.717, 1.165) is 4.68 Å². The van der Waals surface area contributed by atoms with Crippen molar-refractivity contribution < 1.29 is 13.6 Å². The molecule has 1 aromatic heterocycles. The van der Waals surface area contributed by atoms with Gasteiger partial charge in [-0.3, -0.25) is 15.0 Å². The van der Waals surface area contributed by atoms with E-state index in [2.05, 4.69) is 10.4 Å². The molecule has 0 aliphatic heterocycles. The lowest BCUT2D eigenvalue weighted by Crippen LogP contribution is -2.37. The minimum atomic E-state index is -0.451. The van der Waals surface area contributed by atoms with Crippen molar-refractivity contribution in [1.29, 1.82) is 0 Å². The number of hydrogen-bond acceptors (Lipinski definition) is 3. The van der Waals surface area contributed by atoms with Crippen molar-refractivity contribution in [2.75, 3.05) is 5.43 Å². The van der Waals surface area contributed by atoms with Gasteiger partial charge in [0.2, 0.25) is 5.91 Å². The van der Waals surface area contributed by atoms with Crippen LogP contribution in [0.25, 0.3) is 10.9 Å². The molecule has 1 amide bonds. The lowest BCUT2D eigenvalue weighted by molar-refractivity contribution is -0.117. The molecule has 1 N–H and O–H groups in total. The van der Waals surface area contributed by atoms with Crippen LogP contribution in [0.3, 0.4) is 0 Å². The van der Waals surface area contributed by atoms with Gasteiger partial charge in [-0.05, 0) is 43.5 Å². The van der Waals surface area contributed by atoms with Crippen molar-refractivity contribution in [1.82, 2.24) is 9.66 Å². The van der Waals surface area contributed by atoms with Crippen LogP contribution in [0.2, 0.25) is 0 Å². The van der Waals surface area contributed by atoms with Crippen LogP contribution in [-0.4, -0.2) is 15.6 Å². The number of hydrogen-bond donors (Lipinski definition) is 1. The molecule has 0 saturated carbocycles. The lowest BCUT2D eigenvalue weighted by atomic mass is 9.97. The molecule has 1 heterocycles. The Hall–Kier alpha value is -2.83. The molecular weight excluding hydrogens is 340 g/mol. The van der Waals surface area contributed by atoms with Crippen LogP contribution in [0.5, 0.6) is 0 Å². The molecule has 7 heteroatoms. The Balaban J connectivity index is 1.91. The second-order valence-corrected chi connectivity index (χ2v) is 6.27. The Bertz CT molecular complexity index is 992. The van der Waals surface area contributed by atoms with E-state index in [-0.39, 0.29) is 29.5 Å². The molecule has 0 saturated heterocycles. The van der Waals surface area contributed by atoms with Gasteiger partial charge in [-0.1, -0.05) is 13.0 Å². The lowest BCUT2D eigenvalue weighted by Gasteiger charge is -2.17. The van der Waals surface area contributed by atoms with Crippen molar-refractivity contribution in [3.63, 3.8) is 0 Å². The molecule has 0 bridgehead atoms. The SMILES string of the molecule is CCc1nc2c(C)c(F)ccc2c(=O)n1NC(=O)CC1C=CC(F)=CC1. The summed E-state index contributed by atoms with van der Waals surface area (Å²) in [7, 11) is 0. The number of fused-ring (bicyclic) bond motifs is 1. The number of nitrogens with zero attached hydrogens (tertiary/aromatic N) is 2. The van der Waals surface area contributed by atoms with Crippen molar-refractivity contribution >= 4 is 16.8 Å². The average molecular weight is 359 g/mol. The van der Waals surface area contributed by atoms with E-state index in [1.807, 2.05) is 0 Å². The average Bonchev–Trinajstić information content (AvgIpc) is 2.62. The van der Waals surface area contributed by atoms with Crippen molar-refractivity contribution in [2.45, 2.75) is 33.1 Å². The third-order valence-corrected chi connectivity index (χ3v) is 4.44. The number of halogens is 2. The standard InChI is InChI=1S/C19H19F2N3O2/c1-3-16-22-18-11(2)15(21)9-8-14(18)19(26)24(16)23-17(25)10-12-4-6-13(20)7-5-12/h4,6-9,12H,3,5,10H2,1-2H3,(H,23,25). The summed E-state index contributed by atoms with van der Waals surface area (Å²) in [5.41, 5.74) is 2.72. The van der Waals surface area contributed by atoms with E-state index >= 15 is 0 Å². The molecule has 3 rings (SSSR count). The fraction of sp³-hybridized carbons (Fsp3) is 0.316. The van der Waals surface area contributed by atoms with Gasteiger partial charge in [0, 0.05) is 18.4 Å². The van der Waals surface area contributed by atoms with Crippen LogP contribution in [0.15, 0.2) is 41.0 Å². The largest absolute Gasteiger partial charge is 0.280 e. The van der Waals surface area contributed by atoms with Gasteiger partial charge in [-0.25, -0.2) is 18.4 Å². The number of aryl methyl sites for hydroxylation is 2. The summed E-state index contributed by atoms with van der Waals surface area (Å²) in [5.74, 6) is -0.896. The number of nitrogens with one attached hydrogen (secondary N) is 1. The Morgan fingerprint density at radius 2 is 2.15 bits per heavy atom. The van der Waals surface area contributed by atoms with Crippen LogP contribution in [-0.2, 0) is 11.2 Å². The first-order chi connectivity index (χ1) is 12.4. The van der Waals surface area contributed by atoms with Gasteiger partial charge in [0.05, 0.1) is 10.9 Å². The van der Waals surface area contributed by atoms with E-state index in [9.17, 15) is 18.4 Å². The summed E-state index contributed by atoms with van der Waals surface area (Å²) in [6.07, 6.45) is 5.34. The second kappa shape index (κ2) is 7.19. The Kier molecular flexibility index (Phi) is 4.97. The third kappa shape index (κ3) is 3.42. The first-order valence-corrected chi connectivity index (χ1v) is 8.45. The number of amides is 1.